The number of hydrogen-bond donors (Lipinski definition) is 0. The molecule has 31 heavy (non-hydrogen) atoms. The Morgan fingerprint density at radius 2 is 1.52 bits per heavy atom. The van der Waals surface area contributed by atoms with Crippen LogP contribution in [0.15, 0.2) is 12.1 Å². The van der Waals surface area contributed by atoms with Crippen molar-refractivity contribution in [3.8, 4) is 0 Å². The first kappa shape index (κ1) is 21.8. The maximum absolute atomic E-state index is 13.1. The first-order chi connectivity index (χ1) is 15.2. The van der Waals surface area contributed by atoms with Gasteiger partial charge in [-0.3, -0.25) is 9.59 Å². The van der Waals surface area contributed by atoms with Crippen molar-refractivity contribution in [2.24, 2.45) is 11.8 Å². The third-order valence-corrected chi connectivity index (χ3v) is 6.84. The Balaban J connectivity index is 1.28. The largest absolute Gasteiger partial charge is 0.466 e. The summed E-state index contributed by atoms with van der Waals surface area (Å²) in [4.78, 5) is 31.6. The maximum Gasteiger partial charge on any atom is 0.310 e. The molecule has 1 aromatic rings. The van der Waals surface area contributed by atoms with Gasteiger partial charge in [0.05, 0.1) is 12.5 Å². The van der Waals surface area contributed by atoms with Gasteiger partial charge in [-0.05, 0) is 64.0 Å². The number of esters is 1. The van der Waals surface area contributed by atoms with Crippen LogP contribution >= 0.6 is 0 Å². The van der Waals surface area contributed by atoms with Crippen LogP contribution in [0.1, 0.15) is 51.9 Å². The monoisotopic (exact) mass is 429 g/mol. The van der Waals surface area contributed by atoms with Gasteiger partial charge in [-0.1, -0.05) is 0 Å². The van der Waals surface area contributed by atoms with Crippen molar-refractivity contribution in [1.82, 2.24) is 15.1 Å². The summed E-state index contributed by atoms with van der Waals surface area (Å²) < 4.78 is 5.17. The minimum absolute atomic E-state index is 0.0257. The van der Waals surface area contributed by atoms with Gasteiger partial charge in [-0.2, -0.15) is 0 Å². The van der Waals surface area contributed by atoms with Gasteiger partial charge in [0.25, 0.3) is 0 Å². The number of carbonyl (C=O) groups is 2. The molecule has 3 aliphatic rings. The molecule has 8 heteroatoms. The van der Waals surface area contributed by atoms with Crippen LogP contribution in [0.3, 0.4) is 0 Å². The molecule has 3 aliphatic heterocycles. The van der Waals surface area contributed by atoms with E-state index in [1.165, 1.54) is 19.3 Å². The van der Waals surface area contributed by atoms with E-state index in [1.807, 2.05) is 11.8 Å². The molecule has 4 rings (SSSR count). The number of anilines is 2. The standard InChI is InChI=1S/C23H35N5O3/c1-2-31-23(30)19-7-6-14-28(17-19)22(29)18-10-15-27(16-11-18)21-9-8-20(24-25-21)26-12-4-3-5-13-26/h8-9,18-19H,2-7,10-17H2,1H3. The summed E-state index contributed by atoms with van der Waals surface area (Å²) >= 11 is 0. The Kier molecular flexibility index (Phi) is 7.25. The predicted molar refractivity (Wildman–Crippen MR) is 119 cm³/mol. The van der Waals surface area contributed by atoms with E-state index in [0.717, 1.165) is 70.0 Å². The van der Waals surface area contributed by atoms with Gasteiger partial charge < -0.3 is 19.4 Å². The molecule has 1 unspecified atom stereocenters. The number of carbonyl (C=O) groups excluding carboxylic acids is 2. The topological polar surface area (TPSA) is 78.9 Å². The molecule has 8 nitrogen and oxygen atoms in total. The van der Waals surface area contributed by atoms with E-state index in [-0.39, 0.29) is 23.7 Å². The van der Waals surface area contributed by atoms with E-state index in [4.69, 9.17) is 4.74 Å². The Bertz CT molecular complexity index is 742. The van der Waals surface area contributed by atoms with Crippen LogP contribution in [0.4, 0.5) is 11.6 Å². The number of likely N-dealkylation sites (tertiary alicyclic amines) is 1. The van der Waals surface area contributed by atoms with Gasteiger partial charge in [0, 0.05) is 45.2 Å². The van der Waals surface area contributed by atoms with Gasteiger partial charge in [0.2, 0.25) is 5.91 Å². The SMILES string of the molecule is CCOC(=O)C1CCCN(C(=O)C2CCN(c3ccc(N4CCCCC4)nn3)CC2)C1. The number of ether oxygens (including phenoxy) is 1. The van der Waals surface area contributed by atoms with E-state index in [2.05, 4.69) is 32.1 Å². The summed E-state index contributed by atoms with van der Waals surface area (Å²) in [6, 6.07) is 4.14. The number of aromatic nitrogens is 2. The number of rotatable bonds is 5. The summed E-state index contributed by atoms with van der Waals surface area (Å²) in [5.41, 5.74) is 0. The first-order valence-corrected chi connectivity index (χ1v) is 11.9. The van der Waals surface area contributed by atoms with Crippen molar-refractivity contribution in [2.45, 2.75) is 51.9 Å². The number of piperidine rings is 3. The lowest BCUT2D eigenvalue weighted by molar-refractivity contribution is -0.152. The van der Waals surface area contributed by atoms with Crippen molar-refractivity contribution in [2.75, 3.05) is 55.7 Å². The molecular weight excluding hydrogens is 394 g/mol. The predicted octanol–water partition coefficient (Wildman–Crippen LogP) is 2.49. The molecule has 170 valence electrons. The molecule has 3 saturated heterocycles. The van der Waals surface area contributed by atoms with E-state index in [1.54, 1.807) is 0 Å². The first-order valence-electron chi connectivity index (χ1n) is 11.9. The number of amides is 1. The molecule has 1 atom stereocenters. The highest BCUT2D eigenvalue weighted by atomic mass is 16.5. The zero-order chi connectivity index (χ0) is 21.6. The summed E-state index contributed by atoms with van der Waals surface area (Å²) in [5.74, 6) is 1.74. The highest BCUT2D eigenvalue weighted by Gasteiger charge is 2.34. The minimum atomic E-state index is -0.175. The molecular formula is C23H35N5O3. The smallest absolute Gasteiger partial charge is 0.310 e. The van der Waals surface area contributed by atoms with Crippen LogP contribution in [-0.2, 0) is 14.3 Å². The molecule has 0 N–H and O–H groups in total. The van der Waals surface area contributed by atoms with Crippen LogP contribution in [0.5, 0.6) is 0 Å². The second-order valence-electron chi connectivity index (χ2n) is 8.93. The van der Waals surface area contributed by atoms with E-state index >= 15 is 0 Å². The molecule has 1 aromatic heterocycles. The van der Waals surface area contributed by atoms with E-state index < -0.39 is 0 Å². The van der Waals surface area contributed by atoms with Crippen LogP contribution in [0, 0.1) is 11.8 Å². The van der Waals surface area contributed by atoms with Crippen molar-refractivity contribution in [3.05, 3.63) is 12.1 Å². The zero-order valence-electron chi connectivity index (χ0n) is 18.7. The number of nitrogens with zero attached hydrogens (tertiary/aromatic N) is 5. The van der Waals surface area contributed by atoms with Crippen molar-refractivity contribution < 1.29 is 14.3 Å². The Labute approximate surface area is 184 Å². The van der Waals surface area contributed by atoms with Crippen molar-refractivity contribution in [3.63, 3.8) is 0 Å². The van der Waals surface area contributed by atoms with E-state index in [0.29, 0.717) is 13.2 Å². The average molecular weight is 430 g/mol. The fourth-order valence-electron chi connectivity index (χ4n) is 5.02. The zero-order valence-corrected chi connectivity index (χ0v) is 18.7. The normalized spacial score (nSPS) is 23.0. The molecule has 3 fully saturated rings. The second kappa shape index (κ2) is 10.3. The van der Waals surface area contributed by atoms with Crippen LogP contribution in [0.25, 0.3) is 0 Å². The average Bonchev–Trinajstić information content (AvgIpc) is 2.84. The summed E-state index contributed by atoms with van der Waals surface area (Å²) in [7, 11) is 0. The summed E-state index contributed by atoms with van der Waals surface area (Å²) in [6.45, 7) is 7.21. The van der Waals surface area contributed by atoms with Crippen molar-refractivity contribution in [1.29, 1.82) is 0 Å². The fourth-order valence-corrected chi connectivity index (χ4v) is 5.02. The van der Waals surface area contributed by atoms with Crippen molar-refractivity contribution >= 4 is 23.5 Å². The minimum Gasteiger partial charge on any atom is -0.466 e. The maximum atomic E-state index is 13.1. The quantitative estimate of drug-likeness (QED) is 0.666. The molecule has 0 radical (unpaired) electrons. The highest BCUT2D eigenvalue weighted by Crippen LogP contribution is 2.27. The lowest BCUT2D eigenvalue weighted by Gasteiger charge is -2.37. The molecule has 0 bridgehead atoms. The summed E-state index contributed by atoms with van der Waals surface area (Å²) in [6.07, 6.45) is 7.06. The molecule has 0 spiro atoms. The van der Waals surface area contributed by atoms with Gasteiger partial charge in [0.1, 0.15) is 0 Å². The van der Waals surface area contributed by atoms with Gasteiger partial charge in [0.15, 0.2) is 11.6 Å². The molecule has 0 saturated carbocycles. The highest BCUT2D eigenvalue weighted by molar-refractivity contribution is 5.80. The Morgan fingerprint density at radius 3 is 2.13 bits per heavy atom. The summed E-state index contributed by atoms with van der Waals surface area (Å²) in [5, 5.41) is 8.93. The lowest BCUT2D eigenvalue weighted by atomic mass is 9.92. The van der Waals surface area contributed by atoms with Crippen LogP contribution in [-0.4, -0.2) is 72.8 Å². The van der Waals surface area contributed by atoms with Gasteiger partial charge in [-0.15, -0.1) is 10.2 Å². The molecule has 0 aromatic carbocycles. The lowest BCUT2D eigenvalue weighted by Crippen LogP contribution is -2.47. The third kappa shape index (κ3) is 5.28. The van der Waals surface area contributed by atoms with Crippen LogP contribution in [0.2, 0.25) is 0 Å². The van der Waals surface area contributed by atoms with Gasteiger partial charge in [-0.25, -0.2) is 0 Å². The van der Waals surface area contributed by atoms with Gasteiger partial charge >= 0.3 is 5.97 Å². The second-order valence-corrected chi connectivity index (χ2v) is 8.93. The third-order valence-electron chi connectivity index (χ3n) is 6.84. The number of hydrogen-bond acceptors (Lipinski definition) is 7. The molecule has 1 amide bonds. The molecule has 0 aliphatic carbocycles. The fraction of sp³-hybridized carbons (Fsp3) is 0.739. The molecule has 4 heterocycles. The Morgan fingerprint density at radius 1 is 0.871 bits per heavy atom. The van der Waals surface area contributed by atoms with E-state index in [9.17, 15) is 9.59 Å². The Hall–Kier alpha value is -2.38. The van der Waals surface area contributed by atoms with Crippen LogP contribution < -0.4 is 9.80 Å².